The van der Waals surface area contributed by atoms with Crippen molar-refractivity contribution in [2.45, 2.75) is 38.8 Å². The molecule has 0 bridgehead atoms. The zero-order valence-corrected chi connectivity index (χ0v) is 10.9. The van der Waals surface area contributed by atoms with Gasteiger partial charge in [0.25, 0.3) is 0 Å². The van der Waals surface area contributed by atoms with Crippen LogP contribution in [0.5, 0.6) is 0 Å². The van der Waals surface area contributed by atoms with Gasteiger partial charge in [-0.2, -0.15) is 5.10 Å². The molecule has 1 aromatic rings. The van der Waals surface area contributed by atoms with Gasteiger partial charge < -0.3 is 9.64 Å². The number of nitrogens with zero attached hydrogens (tertiary/aromatic N) is 3. The van der Waals surface area contributed by atoms with Gasteiger partial charge in [-0.15, -0.1) is 0 Å². The lowest BCUT2D eigenvalue weighted by atomic mass is 10.1. The van der Waals surface area contributed by atoms with Crippen molar-refractivity contribution < 1.29 is 4.74 Å². The maximum absolute atomic E-state index is 5.74. The Morgan fingerprint density at radius 1 is 1.53 bits per heavy atom. The zero-order valence-electron chi connectivity index (χ0n) is 10.9. The number of rotatable bonds is 5. The third-order valence-corrected chi connectivity index (χ3v) is 3.26. The molecular weight excluding hydrogens is 214 g/mol. The highest BCUT2D eigenvalue weighted by Gasteiger charge is 2.15. The molecule has 1 atom stereocenters. The van der Waals surface area contributed by atoms with E-state index in [-0.39, 0.29) is 0 Å². The number of hydrogen-bond donors (Lipinski definition) is 0. The van der Waals surface area contributed by atoms with Crippen molar-refractivity contribution in [2.24, 2.45) is 0 Å². The Labute approximate surface area is 104 Å². The molecule has 1 aromatic heterocycles. The van der Waals surface area contributed by atoms with E-state index < -0.39 is 0 Å². The van der Waals surface area contributed by atoms with Gasteiger partial charge in [0, 0.05) is 25.9 Å². The van der Waals surface area contributed by atoms with Gasteiger partial charge in [-0.05, 0) is 38.8 Å². The second-order valence-electron chi connectivity index (χ2n) is 5.03. The summed E-state index contributed by atoms with van der Waals surface area (Å²) < 4.78 is 7.75. The van der Waals surface area contributed by atoms with Crippen molar-refractivity contribution in [1.82, 2.24) is 14.7 Å². The first-order valence-corrected chi connectivity index (χ1v) is 6.53. The highest BCUT2D eigenvalue weighted by molar-refractivity contribution is 4.99. The molecule has 0 aromatic carbocycles. The van der Waals surface area contributed by atoms with Crippen LogP contribution >= 0.6 is 0 Å². The second kappa shape index (κ2) is 6.17. The first-order valence-electron chi connectivity index (χ1n) is 6.53. The Kier molecular flexibility index (Phi) is 4.57. The summed E-state index contributed by atoms with van der Waals surface area (Å²) in [5.41, 5.74) is 1.23. The maximum Gasteiger partial charge on any atom is 0.0701 e. The summed E-state index contributed by atoms with van der Waals surface area (Å²) in [5, 5.41) is 4.29. The Morgan fingerprint density at radius 2 is 2.41 bits per heavy atom. The normalized spacial score (nSPS) is 21.0. The first kappa shape index (κ1) is 12.6. The molecule has 0 N–H and O–H groups in total. The van der Waals surface area contributed by atoms with E-state index in [1.165, 1.54) is 24.8 Å². The standard InChI is InChI=1S/C13H23N3O/c1-12-9-14-16(10-12)7-6-15(2)11-13-5-3-4-8-17-13/h9-10,13H,3-8,11H2,1-2H3. The molecule has 0 saturated carbocycles. The second-order valence-corrected chi connectivity index (χ2v) is 5.03. The number of aromatic nitrogens is 2. The average molecular weight is 237 g/mol. The van der Waals surface area contributed by atoms with Crippen LogP contribution in [0.15, 0.2) is 12.4 Å². The van der Waals surface area contributed by atoms with Crippen LogP contribution in [0.4, 0.5) is 0 Å². The van der Waals surface area contributed by atoms with Crippen molar-refractivity contribution in [1.29, 1.82) is 0 Å². The average Bonchev–Trinajstić information content (AvgIpc) is 2.74. The van der Waals surface area contributed by atoms with Gasteiger partial charge in [0.1, 0.15) is 0 Å². The van der Waals surface area contributed by atoms with Gasteiger partial charge in [-0.3, -0.25) is 4.68 Å². The summed E-state index contributed by atoms with van der Waals surface area (Å²) in [6.45, 7) is 6.04. The minimum absolute atomic E-state index is 0.438. The molecule has 96 valence electrons. The van der Waals surface area contributed by atoms with Gasteiger partial charge in [0.2, 0.25) is 0 Å². The van der Waals surface area contributed by atoms with E-state index in [0.717, 1.165) is 26.2 Å². The summed E-state index contributed by atoms with van der Waals surface area (Å²) in [6, 6.07) is 0. The fourth-order valence-electron chi connectivity index (χ4n) is 2.25. The molecule has 1 fully saturated rings. The van der Waals surface area contributed by atoms with Crippen LogP contribution in [-0.2, 0) is 11.3 Å². The smallest absolute Gasteiger partial charge is 0.0701 e. The molecule has 0 spiro atoms. The van der Waals surface area contributed by atoms with Crippen LogP contribution in [0.3, 0.4) is 0 Å². The van der Waals surface area contributed by atoms with Gasteiger partial charge in [0.05, 0.1) is 18.8 Å². The predicted octanol–water partition coefficient (Wildman–Crippen LogP) is 1.69. The predicted molar refractivity (Wildman–Crippen MR) is 68.1 cm³/mol. The molecule has 2 heterocycles. The molecule has 1 saturated heterocycles. The lowest BCUT2D eigenvalue weighted by Gasteiger charge is -2.27. The third-order valence-electron chi connectivity index (χ3n) is 3.26. The Bertz CT molecular complexity index is 331. The Morgan fingerprint density at radius 3 is 3.06 bits per heavy atom. The molecule has 1 unspecified atom stereocenters. The van der Waals surface area contributed by atoms with E-state index in [4.69, 9.17) is 4.74 Å². The van der Waals surface area contributed by atoms with Crippen molar-refractivity contribution in [2.75, 3.05) is 26.7 Å². The molecule has 2 rings (SSSR count). The minimum atomic E-state index is 0.438. The van der Waals surface area contributed by atoms with Gasteiger partial charge >= 0.3 is 0 Å². The fraction of sp³-hybridized carbons (Fsp3) is 0.769. The number of likely N-dealkylation sites (N-methyl/N-ethyl adjacent to an activating group) is 1. The Hall–Kier alpha value is -0.870. The summed E-state index contributed by atoms with van der Waals surface area (Å²) in [7, 11) is 2.16. The SMILES string of the molecule is Cc1cnn(CCN(C)CC2CCCCO2)c1. The lowest BCUT2D eigenvalue weighted by molar-refractivity contribution is -0.00193. The molecule has 4 heteroatoms. The zero-order chi connectivity index (χ0) is 12.1. The van der Waals surface area contributed by atoms with Crippen LogP contribution in [0, 0.1) is 6.92 Å². The molecule has 17 heavy (non-hydrogen) atoms. The summed E-state index contributed by atoms with van der Waals surface area (Å²) in [5.74, 6) is 0. The fourth-order valence-corrected chi connectivity index (χ4v) is 2.25. The van der Waals surface area contributed by atoms with E-state index in [9.17, 15) is 0 Å². The summed E-state index contributed by atoms with van der Waals surface area (Å²) >= 11 is 0. The Balaban J connectivity index is 1.68. The van der Waals surface area contributed by atoms with Gasteiger partial charge in [-0.1, -0.05) is 0 Å². The van der Waals surface area contributed by atoms with Gasteiger partial charge in [-0.25, -0.2) is 0 Å². The largest absolute Gasteiger partial charge is 0.377 e. The van der Waals surface area contributed by atoms with E-state index in [2.05, 4.69) is 30.2 Å². The van der Waals surface area contributed by atoms with Crippen LogP contribution in [0.25, 0.3) is 0 Å². The molecule has 0 radical (unpaired) electrons. The molecular formula is C13H23N3O. The van der Waals surface area contributed by atoms with Crippen molar-refractivity contribution in [3.8, 4) is 0 Å². The van der Waals surface area contributed by atoms with Crippen LogP contribution < -0.4 is 0 Å². The third kappa shape index (κ3) is 4.13. The highest BCUT2D eigenvalue weighted by atomic mass is 16.5. The highest BCUT2D eigenvalue weighted by Crippen LogP contribution is 2.13. The van der Waals surface area contributed by atoms with Crippen LogP contribution in [-0.4, -0.2) is 47.5 Å². The minimum Gasteiger partial charge on any atom is -0.377 e. The number of ether oxygens (including phenoxy) is 1. The number of hydrogen-bond acceptors (Lipinski definition) is 3. The molecule has 0 aliphatic carbocycles. The first-order chi connectivity index (χ1) is 8.24. The number of aryl methyl sites for hydroxylation is 1. The van der Waals surface area contributed by atoms with Crippen molar-refractivity contribution >= 4 is 0 Å². The topological polar surface area (TPSA) is 30.3 Å². The molecule has 1 aliphatic heterocycles. The van der Waals surface area contributed by atoms with E-state index >= 15 is 0 Å². The van der Waals surface area contributed by atoms with Crippen molar-refractivity contribution in [3.05, 3.63) is 18.0 Å². The van der Waals surface area contributed by atoms with E-state index in [1.54, 1.807) is 0 Å². The molecule has 0 amide bonds. The maximum atomic E-state index is 5.74. The molecule has 1 aliphatic rings. The van der Waals surface area contributed by atoms with E-state index in [0.29, 0.717) is 6.10 Å². The summed E-state index contributed by atoms with van der Waals surface area (Å²) in [4.78, 5) is 2.34. The quantitative estimate of drug-likeness (QED) is 0.780. The molecule has 4 nitrogen and oxygen atoms in total. The van der Waals surface area contributed by atoms with Crippen LogP contribution in [0.1, 0.15) is 24.8 Å². The lowest BCUT2D eigenvalue weighted by Crippen LogP contribution is -2.35. The van der Waals surface area contributed by atoms with E-state index in [1.807, 2.05) is 10.9 Å². The van der Waals surface area contributed by atoms with Crippen LogP contribution in [0.2, 0.25) is 0 Å². The summed E-state index contributed by atoms with van der Waals surface area (Å²) in [6.07, 6.45) is 8.19. The van der Waals surface area contributed by atoms with Gasteiger partial charge in [0.15, 0.2) is 0 Å². The van der Waals surface area contributed by atoms with Crippen molar-refractivity contribution in [3.63, 3.8) is 0 Å². The monoisotopic (exact) mass is 237 g/mol.